The van der Waals surface area contributed by atoms with Gasteiger partial charge in [0.1, 0.15) is 0 Å². The summed E-state index contributed by atoms with van der Waals surface area (Å²) in [5.41, 5.74) is 3.28. The van der Waals surface area contributed by atoms with Crippen molar-refractivity contribution in [3.8, 4) is 0 Å². The molecule has 0 aliphatic carbocycles. The Morgan fingerprint density at radius 3 is 2.53 bits per heavy atom. The highest BCUT2D eigenvalue weighted by Crippen LogP contribution is 2.25. The zero-order valence-corrected chi connectivity index (χ0v) is 10.9. The van der Waals surface area contributed by atoms with Gasteiger partial charge in [-0.3, -0.25) is 4.79 Å². The number of carbonyl (C=O) groups is 1. The lowest BCUT2D eigenvalue weighted by molar-refractivity contribution is 0.100. The summed E-state index contributed by atoms with van der Waals surface area (Å²) in [7, 11) is 0. The number of benzene rings is 1. The minimum Gasteiger partial charge on any atom is -0.338 e. The molecule has 2 heteroatoms. The molecule has 1 aromatic carbocycles. The molecule has 0 aliphatic heterocycles. The predicted molar refractivity (Wildman–Crippen MR) is 71.7 cm³/mol. The van der Waals surface area contributed by atoms with Gasteiger partial charge in [0.25, 0.3) is 0 Å². The Bertz CT molecular complexity index is 564. The van der Waals surface area contributed by atoms with Crippen LogP contribution in [0.15, 0.2) is 24.3 Å². The molecule has 0 N–H and O–H groups in total. The highest BCUT2D eigenvalue weighted by Gasteiger charge is 2.11. The molecule has 90 valence electrons. The van der Waals surface area contributed by atoms with Crippen molar-refractivity contribution in [3.05, 3.63) is 35.5 Å². The molecule has 0 fully saturated rings. The van der Waals surface area contributed by atoms with E-state index in [9.17, 15) is 4.79 Å². The number of rotatable bonds is 3. The number of aromatic nitrogens is 1. The second-order valence-corrected chi connectivity index (χ2v) is 4.80. The fourth-order valence-electron chi connectivity index (χ4n) is 2.28. The number of carbonyl (C=O) groups excluding carboxylic acids is 1. The Morgan fingerprint density at radius 2 is 2.00 bits per heavy atom. The average molecular weight is 229 g/mol. The number of hydrogen-bond acceptors (Lipinski definition) is 1. The van der Waals surface area contributed by atoms with Gasteiger partial charge in [0.2, 0.25) is 0 Å². The van der Waals surface area contributed by atoms with Gasteiger partial charge in [-0.2, -0.15) is 0 Å². The van der Waals surface area contributed by atoms with E-state index < -0.39 is 0 Å². The Hall–Kier alpha value is -1.57. The minimum atomic E-state index is 0.133. The quantitative estimate of drug-likeness (QED) is 0.729. The van der Waals surface area contributed by atoms with Crippen LogP contribution in [0.1, 0.15) is 49.7 Å². The van der Waals surface area contributed by atoms with E-state index in [1.807, 2.05) is 6.07 Å². The molecule has 2 nitrogen and oxygen atoms in total. The Balaban J connectivity index is 2.68. The van der Waals surface area contributed by atoms with Crippen LogP contribution in [0.2, 0.25) is 0 Å². The van der Waals surface area contributed by atoms with Crippen molar-refractivity contribution in [1.82, 2.24) is 4.57 Å². The second-order valence-electron chi connectivity index (χ2n) is 4.80. The van der Waals surface area contributed by atoms with Crippen molar-refractivity contribution in [2.45, 2.75) is 40.2 Å². The van der Waals surface area contributed by atoms with Crippen LogP contribution in [0.4, 0.5) is 0 Å². The van der Waals surface area contributed by atoms with E-state index in [0.29, 0.717) is 5.92 Å². The molecule has 0 bridgehead atoms. The summed E-state index contributed by atoms with van der Waals surface area (Å²) in [4.78, 5) is 11.6. The van der Waals surface area contributed by atoms with Crippen LogP contribution in [0.25, 0.3) is 10.9 Å². The lowest BCUT2D eigenvalue weighted by atomic mass is 10.0. The van der Waals surface area contributed by atoms with Crippen molar-refractivity contribution in [3.63, 3.8) is 0 Å². The van der Waals surface area contributed by atoms with E-state index in [1.165, 1.54) is 10.9 Å². The van der Waals surface area contributed by atoms with Gasteiger partial charge in [0.15, 0.2) is 5.78 Å². The zero-order valence-electron chi connectivity index (χ0n) is 10.9. The monoisotopic (exact) mass is 229 g/mol. The van der Waals surface area contributed by atoms with Crippen LogP contribution < -0.4 is 0 Å². The van der Waals surface area contributed by atoms with Gasteiger partial charge in [0.05, 0.1) is 5.69 Å². The van der Waals surface area contributed by atoms with Gasteiger partial charge >= 0.3 is 0 Å². The largest absolute Gasteiger partial charge is 0.338 e. The molecule has 1 aromatic heterocycles. The third-order valence-electron chi connectivity index (χ3n) is 3.27. The number of nitrogens with zero attached hydrogens (tertiary/aromatic N) is 1. The minimum absolute atomic E-state index is 0.133. The Morgan fingerprint density at radius 1 is 1.29 bits per heavy atom. The molecule has 0 aliphatic rings. The number of ketones is 1. The summed E-state index contributed by atoms with van der Waals surface area (Å²) in [6.07, 6.45) is 0. The first-order valence-electron chi connectivity index (χ1n) is 6.18. The highest BCUT2D eigenvalue weighted by molar-refractivity contribution is 5.98. The SMILES string of the molecule is CCn1c(C(C)=O)cc2cc(C(C)C)ccc21. The highest BCUT2D eigenvalue weighted by atomic mass is 16.1. The van der Waals surface area contributed by atoms with E-state index in [-0.39, 0.29) is 5.78 Å². The van der Waals surface area contributed by atoms with Gasteiger partial charge in [-0.1, -0.05) is 19.9 Å². The molecular formula is C15H19NO. The van der Waals surface area contributed by atoms with Crippen molar-refractivity contribution >= 4 is 16.7 Å². The molecule has 0 saturated heterocycles. The van der Waals surface area contributed by atoms with Gasteiger partial charge in [-0.15, -0.1) is 0 Å². The molecule has 17 heavy (non-hydrogen) atoms. The second kappa shape index (κ2) is 4.36. The molecule has 0 amide bonds. The molecule has 0 spiro atoms. The summed E-state index contributed by atoms with van der Waals surface area (Å²) in [6.45, 7) is 8.90. The van der Waals surface area contributed by atoms with Crippen LogP contribution >= 0.6 is 0 Å². The first-order valence-corrected chi connectivity index (χ1v) is 6.18. The normalized spacial score (nSPS) is 11.4. The maximum absolute atomic E-state index is 11.6. The number of aryl methyl sites for hydroxylation is 1. The van der Waals surface area contributed by atoms with E-state index in [4.69, 9.17) is 0 Å². The first-order chi connectivity index (χ1) is 8.04. The van der Waals surface area contributed by atoms with Crippen LogP contribution in [0.3, 0.4) is 0 Å². The number of Topliss-reactive ketones (excluding diaryl/α,β-unsaturated/α-hetero) is 1. The van der Waals surface area contributed by atoms with Gasteiger partial charge in [-0.25, -0.2) is 0 Å². The van der Waals surface area contributed by atoms with E-state index >= 15 is 0 Å². The van der Waals surface area contributed by atoms with Crippen molar-refractivity contribution < 1.29 is 4.79 Å². The number of fused-ring (bicyclic) bond motifs is 1. The third-order valence-corrected chi connectivity index (χ3v) is 3.27. The lowest BCUT2D eigenvalue weighted by Gasteiger charge is -2.07. The summed E-state index contributed by atoms with van der Waals surface area (Å²) in [5.74, 6) is 0.652. The van der Waals surface area contributed by atoms with Crippen molar-refractivity contribution in [2.75, 3.05) is 0 Å². The first kappa shape index (κ1) is 11.9. The van der Waals surface area contributed by atoms with Crippen LogP contribution in [0.5, 0.6) is 0 Å². The standard InChI is InChI=1S/C15H19NO/c1-5-16-14-7-6-12(10(2)3)8-13(14)9-15(16)11(4)17/h6-10H,5H2,1-4H3. The zero-order chi connectivity index (χ0) is 12.6. The summed E-state index contributed by atoms with van der Waals surface area (Å²) in [5, 5.41) is 1.17. The Kier molecular flexibility index (Phi) is 3.05. The molecule has 0 radical (unpaired) electrons. The fourth-order valence-corrected chi connectivity index (χ4v) is 2.28. The van der Waals surface area contributed by atoms with Crippen LogP contribution in [-0.4, -0.2) is 10.4 Å². The van der Waals surface area contributed by atoms with Gasteiger partial charge in [-0.05, 0) is 36.6 Å². The third kappa shape index (κ3) is 1.99. The summed E-state index contributed by atoms with van der Waals surface area (Å²) >= 11 is 0. The topological polar surface area (TPSA) is 22.0 Å². The van der Waals surface area contributed by atoms with E-state index in [2.05, 4.69) is 43.5 Å². The van der Waals surface area contributed by atoms with Crippen LogP contribution in [0, 0.1) is 0 Å². The molecule has 0 atom stereocenters. The average Bonchev–Trinajstić information content (AvgIpc) is 2.66. The van der Waals surface area contributed by atoms with E-state index in [1.54, 1.807) is 6.92 Å². The summed E-state index contributed by atoms with van der Waals surface area (Å²) in [6, 6.07) is 8.48. The van der Waals surface area contributed by atoms with Gasteiger partial charge < -0.3 is 4.57 Å². The molecule has 2 aromatic rings. The van der Waals surface area contributed by atoms with Crippen molar-refractivity contribution in [1.29, 1.82) is 0 Å². The predicted octanol–water partition coefficient (Wildman–Crippen LogP) is 3.99. The molecule has 1 heterocycles. The molecule has 0 unspecified atom stereocenters. The lowest BCUT2D eigenvalue weighted by Crippen LogP contribution is -2.04. The maximum Gasteiger partial charge on any atom is 0.176 e. The van der Waals surface area contributed by atoms with Gasteiger partial charge in [0, 0.05) is 24.4 Å². The molecule has 0 saturated carbocycles. The van der Waals surface area contributed by atoms with Crippen LogP contribution in [-0.2, 0) is 6.54 Å². The smallest absolute Gasteiger partial charge is 0.176 e. The van der Waals surface area contributed by atoms with E-state index in [0.717, 1.165) is 17.8 Å². The molecule has 2 rings (SSSR count). The molecular weight excluding hydrogens is 210 g/mol. The number of hydrogen-bond donors (Lipinski definition) is 0. The van der Waals surface area contributed by atoms with Crippen molar-refractivity contribution in [2.24, 2.45) is 0 Å². The summed E-state index contributed by atoms with van der Waals surface area (Å²) < 4.78 is 2.09. The maximum atomic E-state index is 11.6. The fraction of sp³-hybridized carbons (Fsp3) is 0.400. The Labute approximate surface area is 102 Å².